The highest BCUT2D eigenvalue weighted by molar-refractivity contribution is 8.13. The standard InChI is InChI=1S/C11H19NOS2/c1-11(13)15-9-7-5-3-2-4-6-8-12-10-14/h2-9H2,1H3. The Morgan fingerprint density at radius 3 is 2.40 bits per heavy atom. The highest BCUT2D eigenvalue weighted by Gasteiger charge is 1.94. The third-order valence-electron chi connectivity index (χ3n) is 2.03. The molecule has 0 N–H and O–H groups in total. The van der Waals surface area contributed by atoms with E-state index >= 15 is 0 Å². The molecule has 0 saturated heterocycles. The van der Waals surface area contributed by atoms with Crippen LogP contribution in [-0.2, 0) is 4.79 Å². The summed E-state index contributed by atoms with van der Waals surface area (Å²) in [5, 5.41) is 2.60. The molecular weight excluding hydrogens is 226 g/mol. The highest BCUT2D eigenvalue weighted by Crippen LogP contribution is 2.10. The monoisotopic (exact) mass is 245 g/mol. The normalized spacial score (nSPS) is 9.67. The zero-order valence-corrected chi connectivity index (χ0v) is 11.0. The van der Waals surface area contributed by atoms with Gasteiger partial charge in [-0.1, -0.05) is 37.4 Å². The van der Waals surface area contributed by atoms with E-state index in [1.165, 1.54) is 37.4 Å². The fourth-order valence-electron chi connectivity index (χ4n) is 1.26. The number of carbonyl (C=O) groups excluding carboxylic acids is 1. The van der Waals surface area contributed by atoms with Crippen LogP contribution >= 0.6 is 24.0 Å². The minimum Gasteiger partial charge on any atom is -0.288 e. The van der Waals surface area contributed by atoms with Gasteiger partial charge in [0.15, 0.2) is 5.12 Å². The van der Waals surface area contributed by atoms with Crippen LogP contribution in [0.25, 0.3) is 0 Å². The summed E-state index contributed by atoms with van der Waals surface area (Å²) in [6.07, 6.45) is 7.25. The van der Waals surface area contributed by atoms with Crippen molar-refractivity contribution in [2.45, 2.75) is 45.4 Å². The molecule has 0 unspecified atom stereocenters. The Balaban J connectivity index is 2.98. The summed E-state index contributed by atoms with van der Waals surface area (Å²) in [5.74, 6) is 0.977. The first-order chi connectivity index (χ1) is 7.27. The lowest BCUT2D eigenvalue weighted by Crippen LogP contribution is -1.87. The number of nitrogens with zero attached hydrogens (tertiary/aromatic N) is 1. The predicted molar refractivity (Wildman–Crippen MR) is 70.7 cm³/mol. The van der Waals surface area contributed by atoms with Crippen molar-refractivity contribution in [2.75, 3.05) is 12.3 Å². The molecule has 2 nitrogen and oxygen atoms in total. The SMILES string of the molecule is CC(=O)SCCCCCCCCN=C=S. The molecule has 0 rings (SSSR count). The molecule has 0 heterocycles. The maximum absolute atomic E-state index is 10.6. The molecule has 0 amide bonds. The van der Waals surface area contributed by atoms with Crippen molar-refractivity contribution >= 4 is 34.3 Å². The Bertz CT molecular complexity index is 205. The van der Waals surface area contributed by atoms with Gasteiger partial charge in [-0.15, -0.1) is 0 Å². The molecule has 0 saturated carbocycles. The van der Waals surface area contributed by atoms with Crippen molar-refractivity contribution < 1.29 is 4.79 Å². The summed E-state index contributed by atoms with van der Waals surface area (Å²) in [6, 6.07) is 0. The second-order valence-corrected chi connectivity index (χ2v) is 4.89. The molecule has 0 aliphatic heterocycles. The number of rotatable bonds is 9. The second kappa shape index (κ2) is 11.9. The summed E-state index contributed by atoms with van der Waals surface area (Å²) in [7, 11) is 0. The van der Waals surface area contributed by atoms with E-state index in [9.17, 15) is 4.79 Å². The fraction of sp³-hybridized carbons (Fsp3) is 0.818. The number of carbonyl (C=O) groups is 1. The molecule has 0 fully saturated rings. The molecule has 0 spiro atoms. The largest absolute Gasteiger partial charge is 0.288 e. The van der Waals surface area contributed by atoms with Crippen LogP contribution < -0.4 is 0 Å². The first-order valence-corrected chi connectivity index (χ1v) is 6.83. The van der Waals surface area contributed by atoms with E-state index in [2.05, 4.69) is 22.4 Å². The van der Waals surface area contributed by atoms with Crippen LogP contribution in [0.5, 0.6) is 0 Å². The van der Waals surface area contributed by atoms with Crippen molar-refractivity contribution in [1.82, 2.24) is 0 Å². The predicted octanol–water partition coefficient (Wildman–Crippen LogP) is 3.71. The molecule has 4 heteroatoms. The summed E-state index contributed by atoms with van der Waals surface area (Å²) >= 11 is 5.91. The van der Waals surface area contributed by atoms with Crippen molar-refractivity contribution in [1.29, 1.82) is 0 Å². The molecule has 0 atom stereocenters. The Kier molecular flexibility index (Phi) is 11.7. The van der Waals surface area contributed by atoms with Crippen LogP contribution in [0.2, 0.25) is 0 Å². The summed E-state index contributed by atoms with van der Waals surface area (Å²) in [4.78, 5) is 14.5. The van der Waals surface area contributed by atoms with Gasteiger partial charge in [0, 0.05) is 19.2 Å². The molecule has 15 heavy (non-hydrogen) atoms. The average Bonchev–Trinajstić information content (AvgIpc) is 2.20. The smallest absolute Gasteiger partial charge is 0.185 e. The summed E-state index contributed by atoms with van der Waals surface area (Å²) in [5.41, 5.74) is 0. The maximum atomic E-state index is 10.6. The lowest BCUT2D eigenvalue weighted by atomic mass is 10.1. The topological polar surface area (TPSA) is 29.4 Å². The van der Waals surface area contributed by atoms with Crippen molar-refractivity contribution in [2.24, 2.45) is 4.99 Å². The van der Waals surface area contributed by atoms with Crippen LogP contribution in [0, 0.1) is 0 Å². The Hall–Kier alpha value is -0.180. The summed E-state index contributed by atoms with van der Waals surface area (Å²) in [6.45, 7) is 2.45. The molecule has 0 radical (unpaired) electrons. The number of thiocarbonyl (C=S) groups is 1. The number of hydrogen-bond donors (Lipinski definition) is 0. The number of hydrogen-bond acceptors (Lipinski definition) is 4. The molecule has 86 valence electrons. The number of isothiocyanates is 1. The van der Waals surface area contributed by atoms with E-state index in [1.54, 1.807) is 6.92 Å². The van der Waals surface area contributed by atoms with Gasteiger partial charge >= 0.3 is 0 Å². The molecule has 0 aliphatic carbocycles. The minimum absolute atomic E-state index is 0.230. The maximum Gasteiger partial charge on any atom is 0.185 e. The van der Waals surface area contributed by atoms with E-state index in [-0.39, 0.29) is 5.12 Å². The van der Waals surface area contributed by atoms with Gasteiger partial charge in [0.25, 0.3) is 0 Å². The first kappa shape index (κ1) is 14.8. The van der Waals surface area contributed by atoms with Gasteiger partial charge in [0.2, 0.25) is 0 Å². The quantitative estimate of drug-likeness (QED) is 0.352. The lowest BCUT2D eigenvalue weighted by molar-refractivity contribution is -0.109. The van der Waals surface area contributed by atoms with Gasteiger partial charge in [-0.05, 0) is 25.1 Å². The number of unbranched alkanes of at least 4 members (excludes halogenated alkanes) is 5. The minimum atomic E-state index is 0.230. The van der Waals surface area contributed by atoms with Gasteiger partial charge < -0.3 is 0 Å². The molecular formula is C11H19NOS2. The Morgan fingerprint density at radius 2 is 1.80 bits per heavy atom. The van der Waals surface area contributed by atoms with Crippen LogP contribution in [0.4, 0.5) is 0 Å². The van der Waals surface area contributed by atoms with E-state index in [4.69, 9.17) is 0 Å². The molecule has 0 aromatic carbocycles. The third-order valence-corrected chi connectivity index (χ3v) is 3.06. The summed E-state index contributed by atoms with van der Waals surface area (Å²) < 4.78 is 0. The van der Waals surface area contributed by atoms with E-state index in [0.29, 0.717) is 0 Å². The van der Waals surface area contributed by atoms with E-state index < -0.39 is 0 Å². The van der Waals surface area contributed by atoms with Crippen LogP contribution in [-0.4, -0.2) is 22.6 Å². The zero-order valence-electron chi connectivity index (χ0n) is 9.33. The number of aliphatic imine (C=N–C) groups is 1. The van der Waals surface area contributed by atoms with Gasteiger partial charge in [-0.3, -0.25) is 4.79 Å². The van der Waals surface area contributed by atoms with E-state index in [1.807, 2.05) is 0 Å². The van der Waals surface area contributed by atoms with Crippen molar-refractivity contribution in [3.8, 4) is 0 Å². The molecule has 0 aliphatic rings. The Morgan fingerprint density at radius 1 is 1.20 bits per heavy atom. The van der Waals surface area contributed by atoms with Crippen LogP contribution in [0.1, 0.15) is 45.4 Å². The molecule has 0 bridgehead atoms. The van der Waals surface area contributed by atoms with Crippen molar-refractivity contribution in [3.63, 3.8) is 0 Å². The van der Waals surface area contributed by atoms with Gasteiger partial charge in [0.1, 0.15) is 0 Å². The fourth-order valence-corrected chi connectivity index (χ4v) is 1.99. The second-order valence-electron chi connectivity index (χ2n) is 3.43. The number of thioether (sulfide) groups is 1. The van der Waals surface area contributed by atoms with E-state index in [0.717, 1.165) is 25.1 Å². The zero-order chi connectivity index (χ0) is 11.4. The van der Waals surface area contributed by atoms with Gasteiger partial charge in [-0.25, -0.2) is 4.99 Å². The third kappa shape index (κ3) is 13.8. The first-order valence-electron chi connectivity index (χ1n) is 5.44. The highest BCUT2D eigenvalue weighted by atomic mass is 32.2. The average molecular weight is 245 g/mol. The molecule has 0 aromatic heterocycles. The van der Waals surface area contributed by atoms with Gasteiger partial charge in [-0.2, -0.15) is 0 Å². The Labute approximate surface area is 102 Å². The van der Waals surface area contributed by atoms with Crippen molar-refractivity contribution in [3.05, 3.63) is 0 Å². The van der Waals surface area contributed by atoms with Crippen LogP contribution in [0.15, 0.2) is 4.99 Å². The molecule has 0 aromatic rings. The van der Waals surface area contributed by atoms with Gasteiger partial charge in [0.05, 0.1) is 5.16 Å². The lowest BCUT2D eigenvalue weighted by Gasteiger charge is -1.99. The van der Waals surface area contributed by atoms with Crippen LogP contribution in [0.3, 0.4) is 0 Å².